The lowest BCUT2D eigenvalue weighted by Gasteiger charge is -2.20. The number of hydrogen-bond acceptors (Lipinski definition) is 5. The maximum atomic E-state index is 12.4. The summed E-state index contributed by atoms with van der Waals surface area (Å²) in [6.45, 7) is 6.23. The largest absolute Gasteiger partial charge is 0.491 e. The number of carbonyl (C=O) groups excluding carboxylic acids is 1. The summed E-state index contributed by atoms with van der Waals surface area (Å²) >= 11 is 4.85. The summed E-state index contributed by atoms with van der Waals surface area (Å²) in [4.78, 5) is 27.2. The van der Waals surface area contributed by atoms with Crippen molar-refractivity contribution in [2.45, 2.75) is 45.8 Å². The molecule has 2 aromatic rings. The molecule has 0 aromatic carbocycles. The van der Waals surface area contributed by atoms with Gasteiger partial charge in [-0.1, -0.05) is 0 Å². The average molecular weight is 415 g/mol. The van der Waals surface area contributed by atoms with Gasteiger partial charge in [0, 0.05) is 11.1 Å². The number of pyridine rings is 1. The Morgan fingerprint density at radius 1 is 1.46 bits per heavy atom. The van der Waals surface area contributed by atoms with E-state index < -0.39 is 11.7 Å². The van der Waals surface area contributed by atoms with Crippen molar-refractivity contribution in [1.82, 2.24) is 10.3 Å². The lowest BCUT2D eigenvalue weighted by atomic mass is 10.0. The van der Waals surface area contributed by atoms with Gasteiger partial charge in [-0.3, -0.25) is 4.79 Å². The lowest BCUT2D eigenvalue weighted by Crippen LogP contribution is -2.33. The Bertz CT molecular complexity index is 850. The first kappa shape index (κ1) is 17.3. The van der Waals surface area contributed by atoms with E-state index in [4.69, 9.17) is 9.47 Å². The predicted molar refractivity (Wildman–Crippen MR) is 97.0 cm³/mol. The zero-order valence-corrected chi connectivity index (χ0v) is 16.2. The van der Waals surface area contributed by atoms with Gasteiger partial charge in [-0.2, -0.15) is 0 Å². The number of hydrogen-bond donors (Lipinski definition) is 2. The molecule has 3 rings (SSSR count). The zero-order valence-electron chi connectivity index (χ0n) is 13.7. The molecule has 6 nitrogen and oxygen atoms in total. The van der Waals surface area contributed by atoms with Crippen molar-refractivity contribution >= 4 is 43.4 Å². The molecule has 0 bridgehead atoms. The number of aryl methyl sites for hydroxylation is 1. The van der Waals surface area contributed by atoms with Crippen molar-refractivity contribution in [2.24, 2.45) is 0 Å². The quantitative estimate of drug-likeness (QED) is 0.784. The number of thiophene rings is 1. The minimum absolute atomic E-state index is 0.169. The van der Waals surface area contributed by atoms with Crippen LogP contribution in [0.4, 0.5) is 4.79 Å². The van der Waals surface area contributed by atoms with Gasteiger partial charge in [0.1, 0.15) is 14.1 Å². The standard InChI is InChI=1S/C16H19BrN2O4S/c1-16(2,3)23-15(21)18-7-9-8-5-4-6-22-11-10(8)12(14(20)19-9)24-13(11)17/h4-7H2,1-3H3,(H,18,21)(H,19,20). The summed E-state index contributed by atoms with van der Waals surface area (Å²) in [6, 6.07) is 0. The van der Waals surface area contributed by atoms with Crippen molar-refractivity contribution in [2.75, 3.05) is 6.61 Å². The van der Waals surface area contributed by atoms with Gasteiger partial charge in [0.2, 0.25) is 0 Å². The summed E-state index contributed by atoms with van der Waals surface area (Å²) in [5.41, 5.74) is 0.995. The molecule has 1 amide bonds. The van der Waals surface area contributed by atoms with Crippen LogP contribution in [0.1, 0.15) is 38.4 Å². The highest BCUT2D eigenvalue weighted by Crippen LogP contribution is 2.43. The monoisotopic (exact) mass is 414 g/mol. The van der Waals surface area contributed by atoms with Gasteiger partial charge >= 0.3 is 6.09 Å². The molecule has 1 aliphatic rings. The van der Waals surface area contributed by atoms with Crippen molar-refractivity contribution in [3.05, 3.63) is 25.4 Å². The molecular formula is C16H19BrN2O4S. The van der Waals surface area contributed by atoms with Crippen LogP contribution in [0.3, 0.4) is 0 Å². The Hall–Kier alpha value is -1.54. The van der Waals surface area contributed by atoms with E-state index in [1.54, 1.807) is 20.8 Å². The number of nitrogens with one attached hydrogen (secondary N) is 2. The Morgan fingerprint density at radius 2 is 2.21 bits per heavy atom. The molecule has 24 heavy (non-hydrogen) atoms. The highest BCUT2D eigenvalue weighted by molar-refractivity contribution is 9.11. The molecule has 0 saturated carbocycles. The zero-order chi connectivity index (χ0) is 17.5. The third-order valence-electron chi connectivity index (χ3n) is 3.59. The minimum atomic E-state index is -0.563. The molecule has 2 N–H and O–H groups in total. The second-order valence-corrected chi connectivity index (χ2v) is 8.97. The summed E-state index contributed by atoms with van der Waals surface area (Å²) < 4.78 is 12.5. The maximum absolute atomic E-state index is 12.4. The van der Waals surface area contributed by atoms with Crippen LogP contribution in [0.15, 0.2) is 8.58 Å². The highest BCUT2D eigenvalue weighted by atomic mass is 79.9. The molecule has 0 aliphatic carbocycles. The van der Waals surface area contributed by atoms with Crippen LogP contribution in [0.5, 0.6) is 5.75 Å². The van der Waals surface area contributed by atoms with Crippen LogP contribution in [0, 0.1) is 0 Å². The van der Waals surface area contributed by atoms with Crippen LogP contribution >= 0.6 is 27.3 Å². The van der Waals surface area contributed by atoms with E-state index in [2.05, 4.69) is 26.2 Å². The van der Waals surface area contributed by atoms with E-state index in [1.807, 2.05) is 0 Å². The molecular weight excluding hydrogens is 396 g/mol. The highest BCUT2D eigenvalue weighted by Gasteiger charge is 2.24. The number of H-pyrrole nitrogens is 1. The second-order valence-electron chi connectivity index (χ2n) is 6.63. The lowest BCUT2D eigenvalue weighted by molar-refractivity contribution is 0.0523. The predicted octanol–water partition coefficient (Wildman–Crippen LogP) is 3.70. The summed E-state index contributed by atoms with van der Waals surface area (Å²) in [7, 11) is 0. The number of halogens is 1. The van der Waals surface area contributed by atoms with Crippen molar-refractivity contribution in [3.8, 4) is 5.75 Å². The molecule has 130 valence electrons. The van der Waals surface area contributed by atoms with Gasteiger partial charge in [0.05, 0.1) is 13.2 Å². The van der Waals surface area contributed by atoms with E-state index in [0.29, 0.717) is 17.0 Å². The van der Waals surface area contributed by atoms with Gasteiger partial charge in [0.25, 0.3) is 5.56 Å². The van der Waals surface area contributed by atoms with Crippen LogP contribution in [0.25, 0.3) is 10.1 Å². The SMILES string of the molecule is CC(C)(C)OC(=O)NCc1[nH]c(=O)c2sc(Br)c3c2c1CCCO3. The van der Waals surface area contributed by atoms with Gasteiger partial charge in [0.15, 0.2) is 5.75 Å². The number of carbonyl (C=O) groups is 1. The fourth-order valence-corrected chi connectivity index (χ4v) is 4.39. The fourth-order valence-electron chi connectivity index (χ4n) is 2.70. The maximum Gasteiger partial charge on any atom is 0.407 e. The number of alkyl carbamates (subject to hydrolysis) is 1. The molecule has 0 unspecified atom stereocenters. The Morgan fingerprint density at radius 3 is 2.92 bits per heavy atom. The Balaban J connectivity index is 1.95. The van der Waals surface area contributed by atoms with Gasteiger partial charge in [-0.15, -0.1) is 11.3 Å². The average Bonchev–Trinajstić information content (AvgIpc) is 2.67. The molecule has 0 radical (unpaired) electrons. The first-order valence-electron chi connectivity index (χ1n) is 7.72. The van der Waals surface area contributed by atoms with Crippen LogP contribution < -0.4 is 15.6 Å². The van der Waals surface area contributed by atoms with Crippen molar-refractivity contribution in [1.29, 1.82) is 0 Å². The topological polar surface area (TPSA) is 80.4 Å². The molecule has 0 saturated heterocycles. The van der Waals surface area contributed by atoms with E-state index in [-0.39, 0.29) is 12.1 Å². The Kier molecular flexibility index (Phi) is 4.61. The first-order chi connectivity index (χ1) is 11.3. The number of aromatic amines is 1. The summed E-state index contributed by atoms with van der Waals surface area (Å²) in [5, 5.41) is 3.57. The minimum Gasteiger partial charge on any atom is -0.491 e. The Labute approximate surface area is 151 Å². The third-order valence-corrected chi connectivity index (χ3v) is 5.39. The third kappa shape index (κ3) is 3.44. The van der Waals surface area contributed by atoms with Crippen LogP contribution in [0.2, 0.25) is 0 Å². The molecule has 8 heteroatoms. The fraction of sp³-hybridized carbons (Fsp3) is 0.500. The molecule has 3 heterocycles. The normalized spacial score (nSPS) is 14.2. The summed E-state index contributed by atoms with van der Waals surface area (Å²) in [6.07, 6.45) is 1.13. The van der Waals surface area contributed by atoms with E-state index in [0.717, 1.165) is 33.3 Å². The number of aromatic nitrogens is 1. The number of amides is 1. The van der Waals surface area contributed by atoms with Crippen molar-refractivity contribution in [3.63, 3.8) is 0 Å². The van der Waals surface area contributed by atoms with Crippen LogP contribution in [-0.2, 0) is 17.7 Å². The van der Waals surface area contributed by atoms with E-state index in [1.165, 1.54) is 11.3 Å². The smallest absolute Gasteiger partial charge is 0.407 e. The van der Waals surface area contributed by atoms with E-state index in [9.17, 15) is 9.59 Å². The summed E-state index contributed by atoms with van der Waals surface area (Å²) in [5.74, 6) is 0.729. The molecule has 0 fully saturated rings. The molecule has 2 aromatic heterocycles. The number of rotatable bonds is 2. The first-order valence-corrected chi connectivity index (χ1v) is 9.33. The number of ether oxygens (including phenoxy) is 2. The molecule has 0 spiro atoms. The van der Waals surface area contributed by atoms with Gasteiger partial charge in [-0.05, 0) is 55.1 Å². The second kappa shape index (κ2) is 6.40. The van der Waals surface area contributed by atoms with Crippen LogP contribution in [-0.4, -0.2) is 23.3 Å². The van der Waals surface area contributed by atoms with Gasteiger partial charge < -0.3 is 19.8 Å². The van der Waals surface area contributed by atoms with Gasteiger partial charge in [-0.25, -0.2) is 4.79 Å². The molecule has 1 aliphatic heterocycles. The van der Waals surface area contributed by atoms with Crippen molar-refractivity contribution < 1.29 is 14.3 Å². The van der Waals surface area contributed by atoms with E-state index >= 15 is 0 Å². The molecule has 0 atom stereocenters.